The molecule has 57 heavy (non-hydrogen) atoms. The van der Waals surface area contributed by atoms with Crippen LogP contribution in [0.25, 0.3) is 11.1 Å². The van der Waals surface area contributed by atoms with E-state index in [2.05, 4.69) is 0 Å². The number of aryl methyl sites for hydroxylation is 2. The van der Waals surface area contributed by atoms with Gasteiger partial charge in [-0.1, -0.05) is 90.0 Å². The Morgan fingerprint density at radius 2 is 0.772 bits per heavy atom. The lowest BCUT2D eigenvalue weighted by Crippen LogP contribution is -2.05. The second-order valence-corrected chi connectivity index (χ2v) is 14.8. The highest BCUT2D eigenvalue weighted by Gasteiger charge is 2.17. The molecule has 7 aromatic carbocycles. The molecule has 7 aromatic rings. The lowest BCUT2D eigenvalue weighted by Gasteiger charge is -2.12. The molecular formula is C48H38O8S. The first-order chi connectivity index (χ1) is 27.3. The number of carbonyl (C=O) groups excluding carboxylic acids is 3. The Hall–Kier alpha value is -6.94. The molecule has 0 atom stereocenters. The summed E-state index contributed by atoms with van der Waals surface area (Å²) in [7, 11) is -3.67. The lowest BCUT2D eigenvalue weighted by atomic mass is 9.91. The molecule has 0 amide bonds. The Balaban J connectivity index is 0.00000103. The molecule has 0 aliphatic heterocycles. The Bertz CT molecular complexity index is 2610. The van der Waals surface area contributed by atoms with Crippen LogP contribution in [0.2, 0.25) is 0 Å². The topological polar surface area (TPSA) is 124 Å². The summed E-state index contributed by atoms with van der Waals surface area (Å²) in [6, 6.07) is 51.2. The van der Waals surface area contributed by atoms with Crippen LogP contribution < -0.4 is 9.47 Å². The first-order valence-corrected chi connectivity index (χ1v) is 19.7. The van der Waals surface area contributed by atoms with Crippen LogP contribution in [-0.4, -0.2) is 36.6 Å². The minimum Gasteiger partial charge on any atom is -0.457 e. The largest absolute Gasteiger partial charge is 0.457 e. The van der Waals surface area contributed by atoms with Crippen molar-refractivity contribution < 1.29 is 36.8 Å². The third-order valence-corrected chi connectivity index (χ3v) is 8.76. The van der Waals surface area contributed by atoms with Crippen molar-refractivity contribution in [1.82, 2.24) is 0 Å². The SMILES string of the molecule is CS(=O)(=O)O.Cc1ccc(C(=O)c2ccc(Oc3ccc(C(=O)c4ccc(-c5ccc(C)cc5C(=O)c5ccc(Oc6ccccc6)cc5)cc4)cc3)cc2)cc1. The van der Waals surface area contributed by atoms with Gasteiger partial charge in [0.25, 0.3) is 10.1 Å². The summed E-state index contributed by atoms with van der Waals surface area (Å²) < 4.78 is 37.7. The van der Waals surface area contributed by atoms with Crippen molar-refractivity contribution in [3.8, 4) is 34.1 Å². The van der Waals surface area contributed by atoms with Crippen molar-refractivity contribution in [2.45, 2.75) is 13.8 Å². The molecule has 0 aliphatic carbocycles. The zero-order chi connectivity index (χ0) is 40.5. The number of rotatable bonds is 11. The van der Waals surface area contributed by atoms with Crippen LogP contribution in [0.1, 0.15) is 58.9 Å². The third-order valence-electron chi connectivity index (χ3n) is 8.76. The first-order valence-electron chi connectivity index (χ1n) is 17.9. The van der Waals surface area contributed by atoms with E-state index < -0.39 is 10.1 Å². The van der Waals surface area contributed by atoms with Gasteiger partial charge in [0, 0.05) is 33.4 Å². The monoisotopic (exact) mass is 774 g/mol. The number of hydrogen-bond acceptors (Lipinski definition) is 7. The molecule has 0 saturated carbocycles. The maximum atomic E-state index is 13.8. The summed E-state index contributed by atoms with van der Waals surface area (Å²) in [5.74, 6) is 2.24. The molecule has 7 rings (SSSR count). The maximum absolute atomic E-state index is 13.8. The number of ether oxygens (including phenoxy) is 2. The quantitative estimate of drug-likeness (QED) is 0.102. The molecule has 0 aliphatic rings. The smallest absolute Gasteiger partial charge is 0.261 e. The number of para-hydroxylation sites is 1. The summed E-state index contributed by atoms with van der Waals surface area (Å²) in [4.78, 5) is 40.0. The average molecular weight is 775 g/mol. The highest BCUT2D eigenvalue weighted by atomic mass is 32.2. The van der Waals surface area contributed by atoms with Gasteiger partial charge in [-0.05, 0) is 116 Å². The number of carbonyl (C=O) groups is 3. The molecule has 8 nitrogen and oxygen atoms in total. The van der Waals surface area contributed by atoms with E-state index in [-0.39, 0.29) is 17.3 Å². The molecule has 0 radical (unpaired) electrons. The number of benzene rings is 7. The van der Waals surface area contributed by atoms with Crippen LogP contribution in [0.4, 0.5) is 0 Å². The van der Waals surface area contributed by atoms with Gasteiger partial charge in [-0.15, -0.1) is 0 Å². The second-order valence-electron chi connectivity index (χ2n) is 13.3. The molecule has 0 unspecified atom stereocenters. The fraction of sp³-hybridized carbons (Fsp3) is 0.0625. The highest BCUT2D eigenvalue weighted by molar-refractivity contribution is 7.85. The summed E-state index contributed by atoms with van der Waals surface area (Å²) in [6.07, 6.45) is 0.715. The van der Waals surface area contributed by atoms with E-state index in [0.717, 1.165) is 28.0 Å². The van der Waals surface area contributed by atoms with Crippen LogP contribution in [-0.2, 0) is 10.1 Å². The van der Waals surface area contributed by atoms with Crippen molar-refractivity contribution in [2.24, 2.45) is 0 Å². The number of ketones is 3. The van der Waals surface area contributed by atoms with E-state index in [4.69, 9.17) is 14.0 Å². The predicted molar refractivity (Wildman–Crippen MR) is 221 cm³/mol. The van der Waals surface area contributed by atoms with Gasteiger partial charge in [-0.3, -0.25) is 18.9 Å². The molecule has 0 spiro atoms. The Morgan fingerprint density at radius 3 is 1.19 bits per heavy atom. The summed E-state index contributed by atoms with van der Waals surface area (Å²) >= 11 is 0. The predicted octanol–water partition coefficient (Wildman–Crippen LogP) is 10.8. The minimum atomic E-state index is -3.67. The number of hydrogen-bond donors (Lipinski definition) is 1. The van der Waals surface area contributed by atoms with Gasteiger partial charge in [-0.25, -0.2) is 0 Å². The zero-order valence-electron chi connectivity index (χ0n) is 31.4. The van der Waals surface area contributed by atoms with Crippen molar-refractivity contribution in [2.75, 3.05) is 6.26 Å². The van der Waals surface area contributed by atoms with Crippen LogP contribution >= 0.6 is 0 Å². The summed E-state index contributed by atoms with van der Waals surface area (Å²) in [6.45, 7) is 3.94. The molecule has 0 aromatic heterocycles. The van der Waals surface area contributed by atoms with Crippen LogP contribution in [0.3, 0.4) is 0 Å². The second kappa shape index (κ2) is 17.7. The van der Waals surface area contributed by atoms with E-state index in [0.29, 0.717) is 56.9 Å². The van der Waals surface area contributed by atoms with E-state index >= 15 is 0 Å². The van der Waals surface area contributed by atoms with Gasteiger partial charge in [0.2, 0.25) is 0 Å². The summed E-state index contributed by atoms with van der Waals surface area (Å²) in [5, 5.41) is 0. The van der Waals surface area contributed by atoms with Gasteiger partial charge >= 0.3 is 0 Å². The minimum absolute atomic E-state index is 0.0493. The Kier molecular flexibility index (Phi) is 12.3. The molecule has 284 valence electrons. The Morgan fingerprint density at radius 1 is 0.439 bits per heavy atom. The molecular weight excluding hydrogens is 737 g/mol. The van der Waals surface area contributed by atoms with Crippen LogP contribution in [0, 0.1) is 13.8 Å². The third kappa shape index (κ3) is 10.9. The average Bonchev–Trinajstić information content (AvgIpc) is 3.21. The molecule has 0 saturated heterocycles. The van der Waals surface area contributed by atoms with E-state index in [1.54, 1.807) is 84.9 Å². The molecule has 0 bridgehead atoms. The van der Waals surface area contributed by atoms with Gasteiger partial charge in [0.15, 0.2) is 17.3 Å². The van der Waals surface area contributed by atoms with Crippen molar-refractivity contribution in [1.29, 1.82) is 0 Å². The van der Waals surface area contributed by atoms with Gasteiger partial charge in [0.1, 0.15) is 23.0 Å². The van der Waals surface area contributed by atoms with Crippen molar-refractivity contribution >= 4 is 27.5 Å². The highest BCUT2D eigenvalue weighted by Crippen LogP contribution is 2.30. The molecule has 9 heteroatoms. The molecule has 0 heterocycles. The summed E-state index contributed by atoms with van der Waals surface area (Å²) in [5.41, 5.74) is 7.08. The molecule has 1 N–H and O–H groups in total. The maximum Gasteiger partial charge on any atom is 0.261 e. The van der Waals surface area contributed by atoms with E-state index in [9.17, 15) is 22.8 Å². The van der Waals surface area contributed by atoms with Crippen LogP contribution in [0.15, 0.2) is 170 Å². The van der Waals surface area contributed by atoms with E-state index in [1.165, 1.54) is 0 Å². The van der Waals surface area contributed by atoms with Gasteiger partial charge < -0.3 is 9.47 Å². The lowest BCUT2D eigenvalue weighted by molar-refractivity contribution is 0.103. The van der Waals surface area contributed by atoms with Crippen molar-refractivity contribution in [3.05, 3.63) is 214 Å². The normalized spacial score (nSPS) is 10.8. The van der Waals surface area contributed by atoms with Gasteiger partial charge in [0.05, 0.1) is 6.26 Å². The molecule has 0 fully saturated rings. The standard InChI is InChI=1S/C47H34O5.CH4O3S/c1-31-8-11-34(12-9-31)45(48)36-17-23-41(24-18-36)52-42-25-19-37(20-26-42)46(49)35-15-13-33(14-16-35)43-29-10-32(2)30-44(43)47(50)38-21-27-40(28-22-38)51-39-6-4-3-5-7-39;1-5(2,3)4/h3-30H,1-2H3;1H3,(H,2,3,4). The fourth-order valence-electron chi connectivity index (χ4n) is 5.88. The zero-order valence-corrected chi connectivity index (χ0v) is 32.2. The Labute approximate surface area is 331 Å². The van der Waals surface area contributed by atoms with Crippen molar-refractivity contribution in [3.63, 3.8) is 0 Å². The first kappa shape index (κ1) is 39.7. The van der Waals surface area contributed by atoms with Gasteiger partial charge in [-0.2, -0.15) is 8.42 Å². The van der Waals surface area contributed by atoms with E-state index in [1.807, 2.05) is 98.8 Å². The fourth-order valence-corrected chi connectivity index (χ4v) is 5.88. The van der Waals surface area contributed by atoms with Crippen LogP contribution in [0.5, 0.6) is 23.0 Å².